The van der Waals surface area contributed by atoms with Gasteiger partial charge in [-0.1, -0.05) is 52.5 Å². The van der Waals surface area contributed by atoms with Crippen molar-refractivity contribution >= 4 is 42.0 Å². The van der Waals surface area contributed by atoms with Crippen LogP contribution in [0, 0.1) is 11.8 Å². The Kier molecular flexibility index (Phi) is 24.4. The lowest BCUT2D eigenvalue weighted by Crippen LogP contribution is -2.62. The minimum Gasteiger partial charge on any atom is -0.456 e. The molecule has 398 valence electrons. The first-order valence-electron chi connectivity index (χ1n) is 22.8. The second kappa shape index (κ2) is 27.3. The lowest BCUT2D eigenvalue weighted by Gasteiger charge is -2.59. The molecule has 4 bridgehead atoms. The maximum absolute atomic E-state index is 12.2. The number of hydrogen-bond acceptors (Lipinski definition) is 15. The summed E-state index contributed by atoms with van der Waals surface area (Å²) in [5.41, 5.74) is -0.857. The Balaban J connectivity index is 0.000000480. The van der Waals surface area contributed by atoms with Crippen LogP contribution >= 0.6 is 0 Å². The molecule has 2 unspecified atom stereocenters. The highest BCUT2D eigenvalue weighted by Crippen LogP contribution is 2.60. The molecular weight excluding hydrogens is 943 g/mol. The molecular formula is C49H70F6O15. The Morgan fingerprint density at radius 3 is 1.23 bits per heavy atom. The standard InChI is InChI=1S/C19H28O5.C14H24O2.2C8H9F3O4/c1-12(2)15(20)22-18-7-13-6-14(8-18)10-19(9-13,11-18)24-16(21)23-17(3,4)5;1-4-14(16-13(15)12(2)3)10-8-6-5-7-9-11-14;2*1-5(2)7(13)14-3-6(12)15-4-8(9,10)11/h13-14H,1,6-11H2,2-5H3;2,4-11H2,1,3H3;2*1,3-4H2,2H3. The number of rotatable bonds is 14. The van der Waals surface area contributed by atoms with Crippen molar-refractivity contribution in [2.24, 2.45) is 11.8 Å². The summed E-state index contributed by atoms with van der Waals surface area (Å²) >= 11 is 0. The van der Waals surface area contributed by atoms with E-state index < -0.39 is 85.6 Å². The first kappa shape index (κ1) is 62.6. The minimum absolute atomic E-state index is 0.0404. The fraction of sp³-hybridized carbons (Fsp3) is 0.694. The Morgan fingerprint density at radius 2 is 0.886 bits per heavy atom. The molecule has 0 aromatic rings. The summed E-state index contributed by atoms with van der Waals surface area (Å²) < 4.78 is 108. The molecule has 15 nitrogen and oxygen atoms in total. The SMILES string of the molecule is C=C(C)C(=O)OC1(CC)CCCCCCC1.C=C(C)C(=O)OC12CC3CC(CC(OC(=O)OC(C)(C)C)(C3)C1)C2.C=C(C)C(=O)OCC(=O)OCC(F)(F)F.C=C(C)C(=O)OCC(=O)OCC(F)(F)F. The average Bonchev–Trinajstić information content (AvgIpc) is 3.19. The van der Waals surface area contributed by atoms with Gasteiger partial charge < -0.3 is 37.9 Å². The number of carbonyl (C=O) groups excluding carboxylic acids is 7. The second-order valence-corrected chi connectivity index (χ2v) is 19.3. The van der Waals surface area contributed by atoms with Crippen molar-refractivity contribution in [1.82, 2.24) is 0 Å². The van der Waals surface area contributed by atoms with E-state index in [1.54, 1.807) is 13.8 Å². The molecule has 0 N–H and O–H groups in total. The quantitative estimate of drug-likeness (QED) is 0.0690. The second-order valence-electron chi connectivity index (χ2n) is 19.3. The van der Waals surface area contributed by atoms with E-state index in [0.29, 0.717) is 29.4 Å². The summed E-state index contributed by atoms with van der Waals surface area (Å²) in [5, 5.41) is 0. The molecule has 0 aromatic heterocycles. The van der Waals surface area contributed by atoms with Gasteiger partial charge in [0, 0.05) is 28.7 Å². The van der Waals surface area contributed by atoms with Gasteiger partial charge in [-0.3, -0.25) is 0 Å². The minimum atomic E-state index is -4.59. The molecule has 0 amide bonds. The van der Waals surface area contributed by atoms with Crippen LogP contribution in [0.3, 0.4) is 0 Å². The zero-order valence-corrected chi connectivity index (χ0v) is 41.6. The molecule has 5 aliphatic rings. The van der Waals surface area contributed by atoms with Gasteiger partial charge in [-0.25, -0.2) is 33.6 Å². The van der Waals surface area contributed by atoms with Crippen LogP contribution in [0.5, 0.6) is 0 Å². The fourth-order valence-corrected chi connectivity index (χ4v) is 8.33. The van der Waals surface area contributed by atoms with Crippen LogP contribution in [0.2, 0.25) is 0 Å². The number of esters is 6. The molecule has 0 radical (unpaired) electrons. The summed E-state index contributed by atoms with van der Waals surface area (Å²) in [5.74, 6) is -3.94. The molecule has 5 rings (SSSR count). The molecule has 0 spiro atoms. The van der Waals surface area contributed by atoms with Crippen LogP contribution in [-0.4, -0.2) is 103 Å². The van der Waals surface area contributed by atoms with Crippen molar-refractivity contribution in [3.05, 3.63) is 48.6 Å². The van der Waals surface area contributed by atoms with Crippen molar-refractivity contribution in [3.63, 3.8) is 0 Å². The number of ether oxygens (including phenoxy) is 8. The van der Waals surface area contributed by atoms with Crippen molar-refractivity contribution in [2.45, 2.75) is 180 Å². The molecule has 0 heterocycles. The third kappa shape index (κ3) is 25.0. The molecule has 5 saturated carbocycles. The number of hydrogen-bond donors (Lipinski definition) is 0. The predicted octanol–water partition coefficient (Wildman–Crippen LogP) is 10.6. The third-order valence-electron chi connectivity index (χ3n) is 11.0. The lowest BCUT2D eigenvalue weighted by atomic mass is 9.52. The van der Waals surface area contributed by atoms with Crippen molar-refractivity contribution in [1.29, 1.82) is 0 Å². The molecule has 2 atom stereocenters. The van der Waals surface area contributed by atoms with E-state index in [2.05, 4.69) is 52.2 Å². The first-order valence-corrected chi connectivity index (χ1v) is 22.8. The lowest BCUT2D eigenvalue weighted by molar-refractivity contribution is -0.222. The van der Waals surface area contributed by atoms with E-state index in [1.807, 2.05) is 20.8 Å². The molecule has 5 fully saturated rings. The number of alkyl halides is 6. The van der Waals surface area contributed by atoms with Crippen molar-refractivity contribution in [2.75, 3.05) is 26.4 Å². The largest absolute Gasteiger partial charge is 0.509 e. The van der Waals surface area contributed by atoms with E-state index in [1.165, 1.54) is 46.0 Å². The van der Waals surface area contributed by atoms with Gasteiger partial charge in [0.05, 0.1) is 0 Å². The molecule has 0 aliphatic heterocycles. The van der Waals surface area contributed by atoms with E-state index in [-0.39, 0.29) is 28.7 Å². The zero-order chi connectivity index (χ0) is 53.9. The molecule has 70 heavy (non-hydrogen) atoms. The first-order chi connectivity index (χ1) is 32.0. The normalized spacial score (nSPS) is 22.0. The van der Waals surface area contributed by atoms with Crippen LogP contribution in [0.25, 0.3) is 0 Å². The third-order valence-corrected chi connectivity index (χ3v) is 11.0. The predicted molar refractivity (Wildman–Crippen MR) is 240 cm³/mol. The van der Waals surface area contributed by atoms with Crippen LogP contribution in [0.1, 0.15) is 145 Å². The van der Waals surface area contributed by atoms with Gasteiger partial charge in [0.2, 0.25) is 0 Å². The Labute approximate surface area is 406 Å². The van der Waals surface area contributed by atoms with Gasteiger partial charge in [-0.2, -0.15) is 26.3 Å². The Morgan fingerprint density at radius 1 is 0.529 bits per heavy atom. The maximum atomic E-state index is 12.2. The summed E-state index contributed by atoms with van der Waals surface area (Å²) in [6, 6.07) is 0. The highest BCUT2D eigenvalue weighted by atomic mass is 19.4. The van der Waals surface area contributed by atoms with Crippen LogP contribution in [0.4, 0.5) is 31.1 Å². The molecule has 0 saturated heterocycles. The summed E-state index contributed by atoms with van der Waals surface area (Å²) in [6.45, 7) is 22.3. The molecule has 5 aliphatic carbocycles. The van der Waals surface area contributed by atoms with Gasteiger partial charge in [0.15, 0.2) is 26.4 Å². The highest BCUT2D eigenvalue weighted by Gasteiger charge is 2.62. The van der Waals surface area contributed by atoms with E-state index in [0.717, 1.165) is 51.4 Å². The van der Waals surface area contributed by atoms with Gasteiger partial charge in [0.25, 0.3) is 0 Å². The van der Waals surface area contributed by atoms with Gasteiger partial charge >= 0.3 is 54.3 Å². The average molecular weight is 1010 g/mol. The van der Waals surface area contributed by atoms with Gasteiger partial charge in [-0.15, -0.1) is 0 Å². The maximum Gasteiger partial charge on any atom is 0.509 e. The zero-order valence-electron chi connectivity index (χ0n) is 41.6. The number of halogens is 6. The molecule has 21 heteroatoms. The molecule has 0 aromatic carbocycles. The van der Waals surface area contributed by atoms with Crippen LogP contribution < -0.4 is 0 Å². The van der Waals surface area contributed by atoms with E-state index in [9.17, 15) is 59.9 Å². The summed E-state index contributed by atoms with van der Waals surface area (Å²) in [4.78, 5) is 78.5. The Hall–Kier alpha value is -5.37. The topological polar surface area (TPSA) is 193 Å². The summed E-state index contributed by atoms with van der Waals surface area (Å²) in [6.07, 6.45) is 4.50. The number of carbonyl (C=O) groups is 7. The van der Waals surface area contributed by atoms with Crippen LogP contribution in [-0.2, 0) is 66.7 Å². The highest BCUT2D eigenvalue weighted by molar-refractivity contribution is 5.89. The Bertz CT molecular complexity index is 1820. The van der Waals surface area contributed by atoms with E-state index >= 15 is 0 Å². The smallest absolute Gasteiger partial charge is 0.456 e. The van der Waals surface area contributed by atoms with Gasteiger partial charge in [-0.05, 0) is 125 Å². The van der Waals surface area contributed by atoms with E-state index in [4.69, 9.17) is 18.9 Å². The van der Waals surface area contributed by atoms with Crippen molar-refractivity contribution in [3.8, 4) is 0 Å². The van der Waals surface area contributed by atoms with Gasteiger partial charge in [0.1, 0.15) is 22.4 Å². The monoisotopic (exact) mass is 1010 g/mol. The fourth-order valence-electron chi connectivity index (χ4n) is 8.33. The van der Waals surface area contributed by atoms with Crippen LogP contribution in [0.15, 0.2) is 48.6 Å². The van der Waals surface area contributed by atoms with Crippen molar-refractivity contribution < 1.29 is 97.8 Å². The summed E-state index contributed by atoms with van der Waals surface area (Å²) in [7, 11) is 0.